The predicted octanol–water partition coefficient (Wildman–Crippen LogP) is -0.272. The number of carbonyl (C=O) groups excluding carboxylic acids is 2. The van der Waals surface area contributed by atoms with Crippen LogP contribution in [0.5, 0.6) is 0 Å². The maximum atomic E-state index is 10.7. The van der Waals surface area contributed by atoms with E-state index in [0.717, 1.165) is 0 Å². The fourth-order valence-electron chi connectivity index (χ4n) is 0.581. The van der Waals surface area contributed by atoms with Crippen LogP contribution in [0.25, 0.3) is 0 Å². The number of methoxy groups -OCH3 is 1. The molecular weight excluding hydrogens is 146 g/mol. The lowest BCUT2D eigenvalue weighted by atomic mass is 10.3. The molecule has 1 amide bonds. The van der Waals surface area contributed by atoms with Crippen molar-refractivity contribution in [2.24, 2.45) is 0 Å². The van der Waals surface area contributed by atoms with Crippen LogP contribution >= 0.6 is 0 Å². The molecule has 11 heavy (non-hydrogen) atoms. The number of Topliss-reactive ketones (excluding diaryl/α,β-unsaturated/α-hetero) is 1. The number of ketones is 1. The Balaban J connectivity index is 3.30. The molecule has 0 saturated heterocycles. The summed E-state index contributed by atoms with van der Waals surface area (Å²) in [6.07, 6.45) is -0.0380. The molecule has 0 aliphatic carbocycles. The monoisotopic (exact) mass is 159 g/mol. The first-order valence-corrected chi connectivity index (χ1v) is 3.42. The van der Waals surface area contributed by atoms with Gasteiger partial charge in [0.2, 0.25) is 5.91 Å². The van der Waals surface area contributed by atoms with Gasteiger partial charge < -0.3 is 10.1 Å². The summed E-state index contributed by atoms with van der Waals surface area (Å²) in [5.74, 6) is -0.366. The van der Waals surface area contributed by atoms with E-state index in [-0.39, 0.29) is 18.1 Å². The van der Waals surface area contributed by atoms with E-state index in [9.17, 15) is 9.59 Å². The third kappa shape index (κ3) is 6.99. The number of carbonyl (C=O) groups is 2. The molecule has 0 spiro atoms. The lowest BCUT2D eigenvalue weighted by Crippen LogP contribution is -2.28. The second-order valence-electron chi connectivity index (χ2n) is 2.22. The number of ether oxygens (including phenoxy) is 1. The average molecular weight is 159 g/mol. The molecule has 0 saturated carbocycles. The van der Waals surface area contributed by atoms with E-state index in [2.05, 4.69) is 5.32 Å². The van der Waals surface area contributed by atoms with E-state index in [1.54, 1.807) is 7.11 Å². The summed E-state index contributed by atoms with van der Waals surface area (Å²) in [7, 11) is 1.55. The Bertz CT molecular complexity index is 145. The molecule has 0 aliphatic rings. The van der Waals surface area contributed by atoms with Crippen molar-refractivity contribution in [2.45, 2.75) is 13.3 Å². The van der Waals surface area contributed by atoms with Crippen LogP contribution in [0.15, 0.2) is 0 Å². The molecule has 0 fully saturated rings. The van der Waals surface area contributed by atoms with Gasteiger partial charge in [0, 0.05) is 13.7 Å². The molecular formula is C7H13NO3. The zero-order chi connectivity index (χ0) is 8.69. The Morgan fingerprint density at radius 2 is 2.09 bits per heavy atom. The van der Waals surface area contributed by atoms with Crippen LogP contribution in [0.1, 0.15) is 13.3 Å². The quantitative estimate of drug-likeness (QED) is 0.443. The van der Waals surface area contributed by atoms with Gasteiger partial charge in [-0.1, -0.05) is 0 Å². The minimum atomic E-state index is -0.241. The maximum absolute atomic E-state index is 10.7. The summed E-state index contributed by atoms with van der Waals surface area (Å²) in [6, 6.07) is 0. The van der Waals surface area contributed by atoms with Gasteiger partial charge in [-0.05, 0) is 6.92 Å². The second kappa shape index (κ2) is 5.85. The van der Waals surface area contributed by atoms with Gasteiger partial charge >= 0.3 is 0 Å². The van der Waals surface area contributed by atoms with Gasteiger partial charge in [0.15, 0.2) is 0 Å². The lowest BCUT2D eigenvalue weighted by Gasteiger charge is -2.01. The third-order valence-electron chi connectivity index (χ3n) is 1.04. The van der Waals surface area contributed by atoms with Crippen molar-refractivity contribution in [1.29, 1.82) is 0 Å². The molecule has 1 N–H and O–H groups in total. The van der Waals surface area contributed by atoms with Crippen LogP contribution in [0.3, 0.4) is 0 Å². The van der Waals surface area contributed by atoms with E-state index in [1.807, 2.05) is 0 Å². The van der Waals surface area contributed by atoms with Crippen molar-refractivity contribution in [3.63, 3.8) is 0 Å². The highest BCUT2D eigenvalue weighted by molar-refractivity contribution is 5.96. The van der Waals surface area contributed by atoms with Crippen LogP contribution in [0.4, 0.5) is 0 Å². The molecule has 0 atom stereocenters. The Morgan fingerprint density at radius 3 is 2.55 bits per heavy atom. The molecule has 0 bridgehead atoms. The summed E-state index contributed by atoms with van der Waals surface area (Å²) in [6.45, 7) is 2.32. The Kier molecular flexibility index (Phi) is 5.37. The summed E-state index contributed by atoms with van der Waals surface area (Å²) in [5.41, 5.74) is 0. The average Bonchev–Trinajstić information content (AvgIpc) is 1.86. The van der Waals surface area contributed by atoms with Gasteiger partial charge in [-0.15, -0.1) is 0 Å². The maximum Gasteiger partial charge on any atom is 0.227 e. The summed E-state index contributed by atoms with van der Waals surface area (Å²) >= 11 is 0. The topological polar surface area (TPSA) is 55.4 Å². The van der Waals surface area contributed by atoms with Gasteiger partial charge in [-0.2, -0.15) is 0 Å². The van der Waals surface area contributed by atoms with E-state index in [4.69, 9.17) is 4.74 Å². The Morgan fingerprint density at radius 1 is 1.45 bits per heavy atom. The lowest BCUT2D eigenvalue weighted by molar-refractivity contribution is -0.127. The molecule has 4 heteroatoms. The largest absolute Gasteiger partial charge is 0.383 e. The van der Waals surface area contributed by atoms with E-state index in [0.29, 0.717) is 13.2 Å². The van der Waals surface area contributed by atoms with Crippen LogP contribution < -0.4 is 5.32 Å². The van der Waals surface area contributed by atoms with Crippen molar-refractivity contribution in [2.75, 3.05) is 20.3 Å². The summed E-state index contributed by atoms with van der Waals surface area (Å²) in [4.78, 5) is 21.1. The summed E-state index contributed by atoms with van der Waals surface area (Å²) in [5, 5.41) is 2.53. The SMILES string of the molecule is COCCNC(=O)CC(C)=O. The Hall–Kier alpha value is -0.900. The smallest absolute Gasteiger partial charge is 0.227 e. The minimum absolute atomic E-state index is 0.0380. The molecule has 0 aliphatic heterocycles. The van der Waals surface area contributed by atoms with E-state index in [1.165, 1.54) is 6.92 Å². The zero-order valence-corrected chi connectivity index (χ0v) is 6.85. The first-order chi connectivity index (χ1) is 5.16. The molecule has 0 rings (SSSR count). The molecule has 64 valence electrons. The van der Waals surface area contributed by atoms with Gasteiger partial charge in [0.05, 0.1) is 13.0 Å². The highest BCUT2D eigenvalue weighted by Gasteiger charge is 2.02. The van der Waals surface area contributed by atoms with E-state index < -0.39 is 0 Å². The second-order valence-corrected chi connectivity index (χ2v) is 2.22. The molecule has 0 heterocycles. The van der Waals surface area contributed by atoms with Crippen molar-refractivity contribution in [3.8, 4) is 0 Å². The first-order valence-electron chi connectivity index (χ1n) is 3.42. The number of hydrogen-bond acceptors (Lipinski definition) is 3. The fraction of sp³-hybridized carbons (Fsp3) is 0.714. The fourth-order valence-corrected chi connectivity index (χ4v) is 0.581. The zero-order valence-electron chi connectivity index (χ0n) is 6.85. The minimum Gasteiger partial charge on any atom is -0.383 e. The van der Waals surface area contributed by atoms with E-state index >= 15 is 0 Å². The molecule has 0 aromatic rings. The first kappa shape index (κ1) is 10.1. The Labute approximate surface area is 65.9 Å². The number of rotatable bonds is 5. The molecule has 0 unspecified atom stereocenters. The molecule has 0 aromatic carbocycles. The van der Waals surface area contributed by atoms with Crippen molar-refractivity contribution in [3.05, 3.63) is 0 Å². The summed E-state index contributed by atoms with van der Waals surface area (Å²) < 4.78 is 4.70. The van der Waals surface area contributed by atoms with Crippen molar-refractivity contribution in [1.82, 2.24) is 5.32 Å². The predicted molar refractivity (Wildman–Crippen MR) is 40.2 cm³/mol. The normalized spacial score (nSPS) is 9.27. The molecule has 4 nitrogen and oxygen atoms in total. The number of amides is 1. The molecule has 0 aromatic heterocycles. The highest BCUT2D eigenvalue weighted by atomic mass is 16.5. The van der Waals surface area contributed by atoms with Crippen LogP contribution in [0.2, 0.25) is 0 Å². The van der Waals surface area contributed by atoms with Crippen molar-refractivity contribution >= 4 is 11.7 Å². The molecule has 0 radical (unpaired) electrons. The third-order valence-corrected chi connectivity index (χ3v) is 1.04. The van der Waals surface area contributed by atoms with Gasteiger partial charge in [0.1, 0.15) is 5.78 Å². The van der Waals surface area contributed by atoms with Crippen LogP contribution in [0, 0.1) is 0 Å². The van der Waals surface area contributed by atoms with Gasteiger partial charge in [0.25, 0.3) is 0 Å². The van der Waals surface area contributed by atoms with Crippen molar-refractivity contribution < 1.29 is 14.3 Å². The van der Waals surface area contributed by atoms with Crippen LogP contribution in [-0.4, -0.2) is 32.0 Å². The van der Waals surface area contributed by atoms with Gasteiger partial charge in [-0.25, -0.2) is 0 Å². The van der Waals surface area contributed by atoms with Crippen LogP contribution in [-0.2, 0) is 14.3 Å². The standard InChI is InChI=1S/C7H13NO3/c1-6(9)5-7(10)8-3-4-11-2/h3-5H2,1-2H3,(H,8,10). The number of nitrogens with one attached hydrogen (secondary N) is 1. The number of hydrogen-bond donors (Lipinski definition) is 1. The van der Waals surface area contributed by atoms with Gasteiger partial charge in [-0.3, -0.25) is 9.59 Å². The highest BCUT2D eigenvalue weighted by Crippen LogP contribution is 1.80.